The van der Waals surface area contributed by atoms with Crippen LogP contribution in [0.25, 0.3) is 0 Å². The Labute approximate surface area is 96.9 Å². The summed E-state index contributed by atoms with van der Waals surface area (Å²) < 4.78 is 0. The maximum absolute atomic E-state index is 11.5. The van der Waals surface area contributed by atoms with E-state index in [4.69, 9.17) is 0 Å². The lowest BCUT2D eigenvalue weighted by molar-refractivity contribution is -0.175. The molecule has 0 aromatic rings. The Kier molecular flexibility index (Phi) is 3.53. The van der Waals surface area contributed by atoms with Crippen LogP contribution in [0, 0.1) is 11.8 Å². The molecule has 0 bridgehead atoms. The topological polar surface area (TPSA) is 57.5 Å². The fourth-order valence-electron chi connectivity index (χ4n) is 3.59. The van der Waals surface area contributed by atoms with Crippen molar-refractivity contribution in [2.24, 2.45) is 11.8 Å². The highest BCUT2D eigenvalue weighted by Crippen LogP contribution is 2.43. The second-order valence-corrected chi connectivity index (χ2v) is 5.45. The van der Waals surface area contributed by atoms with E-state index in [0.717, 1.165) is 51.4 Å². The molecule has 0 radical (unpaired) electrons. The average Bonchev–Trinajstić information content (AvgIpc) is 2.82. The molecule has 0 saturated heterocycles. The molecule has 0 aromatic heterocycles. The van der Waals surface area contributed by atoms with Crippen molar-refractivity contribution >= 4 is 5.97 Å². The van der Waals surface area contributed by atoms with Crippen molar-refractivity contribution in [2.45, 2.75) is 63.4 Å². The van der Waals surface area contributed by atoms with Gasteiger partial charge in [-0.1, -0.05) is 32.1 Å². The van der Waals surface area contributed by atoms with E-state index in [9.17, 15) is 15.0 Å². The predicted octanol–water partition coefficient (Wildman–Crippen LogP) is 2.57. The van der Waals surface area contributed by atoms with E-state index in [1.165, 1.54) is 6.42 Å². The van der Waals surface area contributed by atoms with Gasteiger partial charge in [-0.3, -0.25) is 0 Å². The quantitative estimate of drug-likeness (QED) is 0.777. The smallest absolute Gasteiger partial charge is 0.336 e. The Bertz CT molecular complexity index is 252. The zero-order valence-corrected chi connectivity index (χ0v) is 9.82. The van der Waals surface area contributed by atoms with Gasteiger partial charge in [0.15, 0.2) is 5.60 Å². The van der Waals surface area contributed by atoms with Gasteiger partial charge in [-0.2, -0.15) is 0 Å². The number of hydrogen-bond acceptors (Lipinski definition) is 2. The van der Waals surface area contributed by atoms with Crippen LogP contribution in [0.4, 0.5) is 0 Å². The summed E-state index contributed by atoms with van der Waals surface area (Å²) in [4.78, 5) is 11.5. The lowest BCUT2D eigenvalue weighted by Gasteiger charge is -2.39. The first-order valence-corrected chi connectivity index (χ1v) is 6.61. The zero-order chi connectivity index (χ0) is 11.6. The molecule has 2 aliphatic rings. The predicted molar refractivity (Wildman–Crippen MR) is 61.1 cm³/mol. The number of carboxylic acid groups (broad SMARTS) is 1. The van der Waals surface area contributed by atoms with Gasteiger partial charge in [0.2, 0.25) is 0 Å². The van der Waals surface area contributed by atoms with Gasteiger partial charge < -0.3 is 10.2 Å². The minimum atomic E-state index is -1.43. The molecule has 92 valence electrons. The van der Waals surface area contributed by atoms with Gasteiger partial charge >= 0.3 is 5.97 Å². The van der Waals surface area contributed by atoms with Crippen molar-refractivity contribution in [3.05, 3.63) is 0 Å². The third kappa shape index (κ3) is 1.97. The molecule has 16 heavy (non-hydrogen) atoms. The van der Waals surface area contributed by atoms with Crippen molar-refractivity contribution in [2.75, 3.05) is 0 Å². The van der Waals surface area contributed by atoms with E-state index in [2.05, 4.69) is 0 Å². The molecule has 1 atom stereocenters. The first-order chi connectivity index (χ1) is 7.65. The molecule has 2 N–H and O–H groups in total. The standard InChI is InChI=1S/C13H22O3/c14-12(15)13(16,11-8-4-5-9-11)10-6-2-1-3-7-10/h10-11,16H,1-9H2,(H,14,15). The van der Waals surface area contributed by atoms with Gasteiger partial charge in [0, 0.05) is 0 Å². The molecule has 0 spiro atoms. The number of carboxylic acids is 1. The van der Waals surface area contributed by atoms with E-state index < -0.39 is 11.6 Å². The molecule has 2 aliphatic carbocycles. The molecular weight excluding hydrogens is 204 g/mol. The molecule has 0 aromatic carbocycles. The van der Waals surface area contributed by atoms with E-state index in [1.54, 1.807) is 0 Å². The Hall–Kier alpha value is -0.570. The van der Waals surface area contributed by atoms with Crippen molar-refractivity contribution in [3.8, 4) is 0 Å². The van der Waals surface area contributed by atoms with Crippen molar-refractivity contribution in [3.63, 3.8) is 0 Å². The van der Waals surface area contributed by atoms with Crippen LogP contribution in [-0.4, -0.2) is 21.8 Å². The second kappa shape index (κ2) is 4.74. The summed E-state index contributed by atoms with van der Waals surface area (Å²) in [5.74, 6) is -0.999. The number of rotatable bonds is 3. The third-order valence-corrected chi connectivity index (χ3v) is 4.55. The molecule has 0 aliphatic heterocycles. The Morgan fingerprint density at radius 3 is 1.62 bits per heavy atom. The van der Waals surface area contributed by atoms with E-state index in [-0.39, 0.29) is 11.8 Å². The summed E-state index contributed by atoms with van der Waals surface area (Å²) in [6, 6.07) is 0. The van der Waals surface area contributed by atoms with Crippen LogP contribution < -0.4 is 0 Å². The summed E-state index contributed by atoms with van der Waals surface area (Å²) in [7, 11) is 0. The highest BCUT2D eigenvalue weighted by atomic mass is 16.4. The van der Waals surface area contributed by atoms with Crippen LogP contribution >= 0.6 is 0 Å². The minimum absolute atomic E-state index is 0.00639. The summed E-state index contributed by atoms with van der Waals surface area (Å²) in [5.41, 5.74) is -1.43. The SMILES string of the molecule is O=C(O)C(O)(C1CCCCC1)C1CCCC1. The molecular formula is C13H22O3. The highest BCUT2D eigenvalue weighted by molar-refractivity contribution is 5.78. The van der Waals surface area contributed by atoms with Crippen molar-refractivity contribution < 1.29 is 15.0 Å². The van der Waals surface area contributed by atoms with Crippen LogP contribution in [0.15, 0.2) is 0 Å². The Morgan fingerprint density at radius 2 is 1.25 bits per heavy atom. The summed E-state index contributed by atoms with van der Waals surface area (Å²) in [6.45, 7) is 0. The van der Waals surface area contributed by atoms with Gasteiger partial charge in [0.25, 0.3) is 0 Å². The van der Waals surface area contributed by atoms with Gasteiger partial charge in [0.05, 0.1) is 0 Å². The zero-order valence-electron chi connectivity index (χ0n) is 9.82. The average molecular weight is 226 g/mol. The summed E-state index contributed by atoms with van der Waals surface area (Å²) in [5, 5.41) is 20.0. The molecule has 3 heteroatoms. The van der Waals surface area contributed by atoms with Crippen molar-refractivity contribution in [1.82, 2.24) is 0 Å². The maximum Gasteiger partial charge on any atom is 0.336 e. The Balaban J connectivity index is 2.15. The van der Waals surface area contributed by atoms with Gasteiger partial charge in [-0.25, -0.2) is 4.79 Å². The largest absolute Gasteiger partial charge is 0.479 e. The van der Waals surface area contributed by atoms with Gasteiger partial charge in [0.1, 0.15) is 0 Å². The van der Waals surface area contributed by atoms with Gasteiger partial charge in [-0.15, -0.1) is 0 Å². The minimum Gasteiger partial charge on any atom is -0.479 e. The maximum atomic E-state index is 11.5. The number of hydrogen-bond donors (Lipinski definition) is 2. The lowest BCUT2D eigenvalue weighted by atomic mass is 9.70. The fourth-order valence-corrected chi connectivity index (χ4v) is 3.59. The van der Waals surface area contributed by atoms with Crippen LogP contribution in [0.1, 0.15) is 57.8 Å². The molecule has 3 nitrogen and oxygen atoms in total. The molecule has 0 amide bonds. The molecule has 0 heterocycles. The number of carbonyl (C=O) groups is 1. The monoisotopic (exact) mass is 226 g/mol. The molecule has 1 unspecified atom stereocenters. The van der Waals surface area contributed by atoms with E-state index in [0.29, 0.717) is 0 Å². The first kappa shape index (κ1) is 11.9. The van der Waals surface area contributed by atoms with Crippen LogP contribution in [0.2, 0.25) is 0 Å². The molecule has 2 fully saturated rings. The summed E-state index contributed by atoms with van der Waals surface area (Å²) >= 11 is 0. The normalized spacial score (nSPS) is 27.8. The third-order valence-electron chi connectivity index (χ3n) is 4.55. The number of aliphatic carboxylic acids is 1. The van der Waals surface area contributed by atoms with Crippen LogP contribution in [0.5, 0.6) is 0 Å². The van der Waals surface area contributed by atoms with E-state index >= 15 is 0 Å². The molecule has 2 rings (SSSR count). The van der Waals surface area contributed by atoms with Gasteiger partial charge in [-0.05, 0) is 37.5 Å². The number of aliphatic hydroxyl groups is 1. The molecule has 2 saturated carbocycles. The van der Waals surface area contributed by atoms with Crippen LogP contribution in [0.3, 0.4) is 0 Å². The van der Waals surface area contributed by atoms with Crippen LogP contribution in [-0.2, 0) is 4.79 Å². The summed E-state index contributed by atoms with van der Waals surface area (Å²) in [6.07, 6.45) is 9.05. The second-order valence-electron chi connectivity index (χ2n) is 5.45. The lowest BCUT2D eigenvalue weighted by Crippen LogP contribution is -2.52. The first-order valence-electron chi connectivity index (χ1n) is 6.61. The van der Waals surface area contributed by atoms with Crippen molar-refractivity contribution in [1.29, 1.82) is 0 Å². The fraction of sp³-hybridized carbons (Fsp3) is 0.923. The Morgan fingerprint density at radius 1 is 0.875 bits per heavy atom. The van der Waals surface area contributed by atoms with E-state index in [1.807, 2.05) is 0 Å². The highest BCUT2D eigenvalue weighted by Gasteiger charge is 2.50.